The first-order valence-corrected chi connectivity index (χ1v) is 7.91. The highest BCUT2D eigenvalue weighted by atomic mass is 35.5. The predicted octanol–water partition coefficient (Wildman–Crippen LogP) is 4.41. The van der Waals surface area contributed by atoms with Crippen molar-refractivity contribution in [1.82, 2.24) is 0 Å². The first-order chi connectivity index (χ1) is 11.0. The molecule has 0 aromatic heterocycles. The van der Waals surface area contributed by atoms with E-state index in [1.165, 1.54) is 0 Å². The molecule has 2 aromatic rings. The number of amides is 1. The minimum Gasteiger partial charge on any atom is -0.492 e. The second-order valence-corrected chi connectivity index (χ2v) is 5.68. The Hall–Kier alpha value is -2.20. The molecule has 5 heteroatoms. The second-order valence-electron chi connectivity index (χ2n) is 5.27. The van der Waals surface area contributed by atoms with Crippen LogP contribution in [0.3, 0.4) is 0 Å². The molecule has 0 bridgehead atoms. The van der Waals surface area contributed by atoms with E-state index in [0.717, 1.165) is 22.6 Å². The molecule has 2 rings (SSSR count). The lowest BCUT2D eigenvalue weighted by atomic mass is 10.1. The maximum absolute atomic E-state index is 12.2. The summed E-state index contributed by atoms with van der Waals surface area (Å²) in [4.78, 5) is 12.2. The molecule has 1 amide bonds. The quantitative estimate of drug-likeness (QED) is 0.824. The Morgan fingerprint density at radius 3 is 2.65 bits per heavy atom. The van der Waals surface area contributed by atoms with Crippen molar-refractivity contribution >= 4 is 28.9 Å². The van der Waals surface area contributed by atoms with Gasteiger partial charge in [-0.2, -0.15) is 0 Å². The first kappa shape index (κ1) is 17.2. The van der Waals surface area contributed by atoms with Crippen LogP contribution in [0.5, 0.6) is 5.75 Å². The normalized spacial score (nSPS) is 10.3. The minimum atomic E-state index is -0.162. The lowest BCUT2D eigenvalue weighted by Crippen LogP contribution is -2.22. The highest BCUT2D eigenvalue weighted by Crippen LogP contribution is 2.27. The number of nitrogens with one attached hydrogen (secondary N) is 2. The van der Waals surface area contributed by atoms with Crippen molar-refractivity contribution in [2.24, 2.45) is 0 Å². The van der Waals surface area contributed by atoms with Crippen molar-refractivity contribution < 1.29 is 9.53 Å². The fourth-order valence-electron chi connectivity index (χ4n) is 2.33. The van der Waals surface area contributed by atoms with Crippen LogP contribution in [0.25, 0.3) is 0 Å². The molecule has 0 saturated carbocycles. The molecule has 0 heterocycles. The molecule has 0 atom stereocenters. The zero-order valence-electron chi connectivity index (χ0n) is 13.6. The topological polar surface area (TPSA) is 50.4 Å². The third-order valence-corrected chi connectivity index (χ3v) is 3.62. The van der Waals surface area contributed by atoms with Gasteiger partial charge in [-0.3, -0.25) is 4.79 Å². The molecule has 2 N–H and O–H groups in total. The van der Waals surface area contributed by atoms with Gasteiger partial charge in [0.05, 0.1) is 29.5 Å². The first-order valence-electron chi connectivity index (χ1n) is 7.53. The number of benzene rings is 2. The predicted molar refractivity (Wildman–Crippen MR) is 95.7 cm³/mol. The van der Waals surface area contributed by atoms with Crippen molar-refractivity contribution in [2.75, 3.05) is 23.8 Å². The molecule has 0 aliphatic heterocycles. The van der Waals surface area contributed by atoms with E-state index in [4.69, 9.17) is 16.3 Å². The van der Waals surface area contributed by atoms with Gasteiger partial charge < -0.3 is 15.4 Å². The zero-order valence-corrected chi connectivity index (χ0v) is 14.3. The Bertz CT molecular complexity index is 678. The number of carbonyl (C=O) groups excluding carboxylic acids is 1. The summed E-state index contributed by atoms with van der Waals surface area (Å²) >= 11 is 6.21. The van der Waals surface area contributed by atoms with Crippen molar-refractivity contribution in [1.29, 1.82) is 0 Å². The molecule has 0 aliphatic rings. The number of rotatable bonds is 6. The third kappa shape index (κ3) is 4.63. The van der Waals surface area contributed by atoms with Gasteiger partial charge in [0.15, 0.2) is 0 Å². The summed E-state index contributed by atoms with van der Waals surface area (Å²) in [6, 6.07) is 11.4. The van der Waals surface area contributed by atoms with Gasteiger partial charge >= 0.3 is 0 Å². The zero-order chi connectivity index (χ0) is 16.8. The number of anilines is 2. The maximum atomic E-state index is 12.2. The van der Waals surface area contributed by atoms with Gasteiger partial charge in [0.25, 0.3) is 0 Å². The average molecular weight is 333 g/mol. The van der Waals surface area contributed by atoms with E-state index in [1.807, 2.05) is 57.2 Å². The van der Waals surface area contributed by atoms with E-state index in [9.17, 15) is 4.79 Å². The molecule has 4 nitrogen and oxygen atoms in total. The molecule has 2 aromatic carbocycles. The van der Waals surface area contributed by atoms with E-state index in [-0.39, 0.29) is 12.5 Å². The van der Waals surface area contributed by atoms with Gasteiger partial charge in [0, 0.05) is 0 Å². The highest BCUT2D eigenvalue weighted by Gasteiger charge is 2.10. The van der Waals surface area contributed by atoms with Crippen LogP contribution < -0.4 is 15.4 Å². The molecule has 0 unspecified atom stereocenters. The van der Waals surface area contributed by atoms with Gasteiger partial charge in [-0.25, -0.2) is 0 Å². The number of carbonyl (C=O) groups is 1. The minimum absolute atomic E-state index is 0.133. The monoisotopic (exact) mass is 332 g/mol. The molecule has 23 heavy (non-hydrogen) atoms. The summed E-state index contributed by atoms with van der Waals surface area (Å²) in [6.07, 6.45) is 0. The van der Waals surface area contributed by atoms with E-state index < -0.39 is 0 Å². The second kappa shape index (κ2) is 7.88. The summed E-state index contributed by atoms with van der Waals surface area (Å²) in [6.45, 7) is 6.52. The van der Waals surface area contributed by atoms with Crippen LogP contribution in [0.4, 0.5) is 11.4 Å². The van der Waals surface area contributed by atoms with Crippen molar-refractivity contribution in [2.45, 2.75) is 20.8 Å². The van der Waals surface area contributed by atoms with Crippen LogP contribution in [-0.2, 0) is 4.79 Å². The van der Waals surface area contributed by atoms with Crippen molar-refractivity contribution in [3.63, 3.8) is 0 Å². The molecule has 122 valence electrons. The van der Waals surface area contributed by atoms with Gasteiger partial charge in [0.2, 0.25) is 5.91 Å². The van der Waals surface area contributed by atoms with Crippen molar-refractivity contribution in [3.05, 3.63) is 52.5 Å². The van der Waals surface area contributed by atoms with E-state index in [2.05, 4.69) is 10.6 Å². The SMILES string of the molecule is CCOc1ccccc1NCC(=O)Nc1c(C)cc(C)cc1Cl. The van der Waals surface area contributed by atoms with E-state index in [0.29, 0.717) is 17.3 Å². The number of para-hydroxylation sites is 2. The molecule has 0 spiro atoms. The average Bonchev–Trinajstić information content (AvgIpc) is 2.50. The van der Waals surface area contributed by atoms with Crippen LogP contribution in [0, 0.1) is 13.8 Å². The maximum Gasteiger partial charge on any atom is 0.243 e. The van der Waals surface area contributed by atoms with Gasteiger partial charge in [-0.15, -0.1) is 0 Å². The lowest BCUT2D eigenvalue weighted by molar-refractivity contribution is -0.114. The van der Waals surface area contributed by atoms with E-state index >= 15 is 0 Å². The van der Waals surface area contributed by atoms with Crippen LogP contribution in [-0.4, -0.2) is 19.1 Å². The summed E-state index contributed by atoms with van der Waals surface area (Å²) in [7, 11) is 0. The Labute approximate surface area is 141 Å². The van der Waals surface area contributed by atoms with Crippen LogP contribution >= 0.6 is 11.6 Å². The van der Waals surface area contributed by atoms with Crippen molar-refractivity contribution in [3.8, 4) is 5.75 Å². The summed E-state index contributed by atoms with van der Waals surface area (Å²) in [5.41, 5.74) is 3.45. The molecule has 0 aliphatic carbocycles. The standard InChI is InChI=1S/C18H21ClN2O2/c1-4-23-16-8-6-5-7-15(16)20-11-17(22)21-18-13(3)9-12(2)10-14(18)19/h5-10,20H,4,11H2,1-3H3,(H,21,22). The fourth-order valence-corrected chi connectivity index (χ4v) is 2.70. The number of halogens is 1. The Morgan fingerprint density at radius 2 is 1.96 bits per heavy atom. The Morgan fingerprint density at radius 1 is 1.22 bits per heavy atom. The van der Waals surface area contributed by atoms with Crippen LogP contribution in [0.15, 0.2) is 36.4 Å². The summed E-state index contributed by atoms with van der Waals surface area (Å²) in [5.74, 6) is 0.567. The lowest BCUT2D eigenvalue weighted by Gasteiger charge is -2.14. The Kier molecular flexibility index (Phi) is 5.88. The third-order valence-electron chi connectivity index (χ3n) is 3.32. The highest BCUT2D eigenvalue weighted by molar-refractivity contribution is 6.34. The Balaban J connectivity index is 2.01. The fraction of sp³-hybridized carbons (Fsp3) is 0.278. The van der Waals surface area contributed by atoms with Crippen LogP contribution in [0.1, 0.15) is 18.1 Å². The number of aryl methyl sites for hydroxylation is 2. The largest absolute Gasteiger partial charge is 0.492 e. The molecular formula is C18H21ClN2O2. The number of ether oxygens (including phenoxy) is 1. The molecule has 0 fully saturated rings. The number of hydrogen-bond donors (Lipinski definition) is 2. The number of hydrogen-bond acceptors (Lipinski definition) is 3. The summed E-state index contributed by atoms with van der Waals surface area (Å²) in [5, 5.41) is 6.49. The smallest absolute Gasteiger partial charge is 0.243 e. The van der Waals surface area contributed by atoms with Gasteiger partial charge in [-0.05, 0) is 50.1 Å². The summed E-state index contributed by atoms with van der Waals surface area (Å²) < 4.78 is 5.52. The molecule has 0 radical (unpaired) electrons. The van der Waals surface area contributed by atoms with E-state index in [1.54, 1.807) is 0 Å². The van der Waals surface area contributed by atoms with Gasteiger partial charge in [-0.1, -0.05) is 29.8 Å². The van der Waals surface area contributed by atoms with Crippen LogP contribution in [0.2, 0.25) is 5.02 Å². The molecular weight excluding hydrogens is 312 g/mol. The van der Waals surface area contributed by atoms with Gasteiger partial charge in [0.1, 0.15) is 5.75 Å². The molecule has 0 saturated heterocycles.